The zero-order valence-electron chi connectivity index (χ0n) is 17.6. The number of nitrogens with one attached hydrogen (secondary N) is 2. The maximum Gasteiger partial charge on any atom is 0.271 e. The van der Waals surface area contributed by atoms with E-state index in [1.807, 2.05) is 41.2 Å². The molecule has 158 valence electrons. The molecular weight excluding hydrogens is 406 g/mol. The summed E-state index contributed by atoms with van der Waals surface area (Å²) in [6.45, 7) is 4.31. The number of thiazole rings is 1. The van der Waals surface area contributed by atoms with Crippen molar-refractivity contribution in [1.82, 2.24) is 19.7 Å². The molecule has 0 aliphatic heterocycles. The van der Waals surface area contributed by atoms with Crippen LogP contribution in [0.1, 0.15) is 43.6 Å². The van der Waals surface area contributed by atoms with Gasteiger partial charge in [0.1, 0.15) is 11.3 Å². The van der Waals surface area contributed by atoms with Crippen LogP contribution in [0.15, 0.2) is 55.0 Å². The average molecular weight is 432 g/mol. The summed E-state index contributed by atoms with van der Waals surface area (Å²) in [4.78, 5) is 22.9. The molecule has 1 atom stereocenters. The molecule has 7 heteroatoms. The van der Waals surface area contributed by atoms with E-state index in [-0.39, 0.29) is 5.91 Å². The van der Waals surface area contributed by atoms with E-state index >= 15 is 0 Å². The van der Waals surface area contributed by atoms with Crippen LogP contribution in [0.3, 0.4) is 0 Å². The Balaban J connectivity index is 1.58. The molecule has 1 aromatic carbocycles. The lowest BCUT2D eigenvalue weighted by Gasteiger charge is -2.09. The second kappa shape index (κ2) is 8.15. The van der Waals surface area contributed by atoms with E-state index in [2.05, 4.69) is 52.6 Å². The summed E-state index contributed by atoms with van der Waals surface area (Å²) >= 11 is 1.64. The van der Waals surface area contributed by atoms with Gasteiger partial charge in [-0.2, -0.15) is 0 Å². The molecule has 31 heavy (non-hydrogen) atoms. The van der Waals surface area contributed by atoms with Crippen LogP contribution in [0.5, 0.6) is 0 Å². The van der Waals surface area contributed by atoms with Crippen LogP contribution in [0, 0.1) is 0 Å². The summed E-state index contributed by atoms with van der Waals surface area (Å²) in [6.07, 6.45) is 8.90. The molecule has 2 N–H and O–H groups in total. The second-order valence-corrected chi connectivity index (χ2v) is 9.13. The molecule has 0 saturated heterocycles. The Morgan fingerprint density at radius 2 is 2.03 bits per heavy atom. The highest BCUT2D eigenvalue weighted by atomic mass is 32.1. The summed E-state index contributed by atoms with van der Waals surface area (Å²) in [7, 11) is 0. The second-order valence-electron chi connectivity index (χ2n) is 8.10. The number of carbonyl (C=O) groups excluding carboxylic acids is 1. The first-order chi connectivity index (χ1) is 15.1. The zero-order chi connectivity index (χ0) is 21.4. The molecule has 0 spiro atoms. The zero-order valence-corrected chi connectivity index (χ0v) is 18.4. The molecule has 0 radical (unpaired) electrons. The molecule has 1 aliphatic carbocycles. The van der Waals surface area contributed by atoms with Gasteiger partial charge in [-0.25, -0.2) is 9.97 Å². The summed E-state index contributed by atoms with van der Waals surface area (Å²) in [5.41, 5.74) is 4.33. The monoisotopic (exact) mass is 431 g/mol. The first-order valence-corrected chi connectivity index (χ1v) is 11.5. The van der Waals surface area contributed by atoms with Crippen molar-refractivity contribution in [1.29, 1.82) is 0 Å². The van der Waals surface area contributed by atoms with E-state index in [4.69, 9.17) is 0 Å². The van der Waals surface area contributed by atoms with Crippen LogP contribution in [-0.4, -0.2) is 32.4 Å². The number of anilines is 1. The normalized spacial score (nSPS) is 14.5. The summed E-state index contributed by atoms with van der Waals surface area (Å²) in [5, 5.41) is 7.39. The number of benzene rings is 1. The maximum atomic E-state index is 12.6. The van der Waals surface area contributed by atoms with Gasteiger partial charge < -0.3 is 15.0 Å². The van der Waals surface area contributed by atoms with Crippen LogP contribution in [0.4, 0.5) is 5.13 Å². The van der Waals surface area contributed by atoms with E-state index in [9.17, 15) is 4.79 Å². The lowest BCUT2D eigenvalue weighted by molar-refractivity contribution is 0.0946. The SMILES string of the molecule is CC[C@@H](C)Nc1ncc(-c2cc(-c3ccccc3)c3nc(C(=O)NC4CC4)cn3c2)s1. The fourth-order valence-corrected chi connectivity index (χ4v) is 4.36. The summed E-state index contributed by atoms with van der Waals surface area (Å²) in [5.74, 6) is -0.107. The molecular formula is C24H25N5OS. The Kier molecular flexibility index (Phi) is 5.19. The topological polar surface area (TPSA) is 71.3 Å². The van der Waals surface area contributed by atoms with Gasteiger partial charge in [0.25, 0.3) is 5.91 Å². The Labute approximate surface area is 185 Å². The van der Waals surface area contributed by atoms with Crippen LogP contribution >= 0.6 is 11.3 Å². The maximum absolute atomic E-state index is 12.6. The van der Waals surface area contributed by atoms with E-state index in [1.54, 1.807) is 11.3 Å². The highest BCUT2D eigenvalue weighted by Crippen LogP contribution is 2.34. The van der Waals surface area contributed by atoms with Crippen LogP contribution in [-0.2, 0) is 0 Å². The van der Waals surface area contributed by atoms with Crippen molar-refractivity contribution in [2.24, 2.45) is 0 Å². The third-order valence-electron chi connectivity index (χ3n) is 5.55. The average Bonchev–Trinajstić information content (AvgIpc) is 3.30. The molecule has 1 aliphatic rings. The summed E-state index contributed by atoms with van der Waals surface area (Å²) < 4.78 is 1.96. The Morgan fingerprint density at radius 3 is 2.77 bits per heavy atom. The number of pyridine rings is 1. The largest absolute Gasteiger partial charge is 0.359 e. The van der Waals surface area contributed by atoms with Crippen molar-refractivity contribution in [3.8, 4) is 21.6 Å². The lowest BCUT2D eigenvalue weighted by atomic mass is 10.0. The number of rotatable bonds is 7. The Hall–Kier alpha value is -3.19. The number of amides is 1. The van der Waals surface area contributed by atoms with Crippen LogP contribution < -0.4 is 10.6 Å². The minimum atomic E-state index is -0.107. The molecule has 6 nitrogen and oxygen atoms in total. The smallest absolute Gasteiger partial charge is 0.271 e. The number of nitrogens with zero attached hydrogens (tertiary/aromatic N) is 3. The quantitative estimate of drug-likeness (QED) is 0.420. The third kappa shape index (κ3) is 4.18. The molecule has 1 saturated carbocycles. The molecule has 0 unspecified atom stereocenters. The molecule has 4 aromatic rings. The Bertz CT molecular complexity index is 1230. The number of aromatic nitrogens is 3. The minimum absolute atomic E-state index is 0.107. The molecule has 1 fully saturated rings. The van der Waals surface area contributed by atoms with Gasteiger partial charge in [0, 0.05) is 41.8 Å². The van der Waals surface area contributed by atoms with Crippen molar-refractivity contribution in [2.45, 2.75) is 45.2 Å². The van der Waals surface area contributed by atoms with Crippen molar-refractivity contribution < 1.29 is 4.79 Å². The number of imidazole rings is 1. The van der Waals surface area contributed by atoms with E-state index in [0.29, 0.717) is 17.8 Å². The fraction of sp³-hybridized carbons (Fsp3) is 0.292. The highest BCUT2D eigenvalue weighted by molar-refractivity contribution is 7.18. The van der Waals surface area contributed by atoms with E-state index < -0.39 is 0 Å². The molecule has 3 heterocycles. The molecule has 1 amide bonds. The molecule has 5 rings (SSSR count). The highest BCUT2D eigenvalue weighted by Gasteiger charge is 2.25. The number of fused-ring (bicyclic) bond motifs is 1. The van der Waals surface area contributed by atoms with Gasteiger partial charge >= 0.3 is 0 Å². The lowest BCUT2D eigenvalue weighted by Crippen LogP contribution is -2.25. The van der Waals surface area contributed by atoms with Gasteiger partial charge in [0.15, 0.2) is 5.13 Å². The number of hydrogen-bond donors (Lipinski definition) is 2. The predicted octanol–water partition coefficient (Wildman–Crippen LogP) is 5.23. The van der Waals surface area contributed by atoms with Crippen molar-refractivity contribution in [3.63, 3.8) is 0 Å². The van der Waals surface area contributed by atoms with Crippen LogP contribution in [0.2, 0.25) is 0 Å². The summed E-state index contributed by atoms with van der Waals surface area (Å²) in [6, 6.07) is 13.0. The minimum Gasteiger partial charge on any atom is -0.359 e. The van der Waals surface area contributed by atoms with Gasteiger partial charge in [-0.1, -0.05) is 48.6 Å². The fourth-order valence-electron chi connectivity index (χ4n) is 3.45. The molecule has 0 bridgehead atoms. The first-order valence-electron chi connectivity index (χ1n) is 10.7. The van der Waals surface area contributed by atoms with Crippen molar-refractivity contribution >= 4 is 28.0 Å². The predicted molar refractivity (Wildman–Crippen MR) is 126 cm³/mol. The third-order valence-corrected chi connectivity index (χ3v) is 6.53. The first kappa shape index (κ1) is 19.8. The van der Waals surface area contributed by atoms with Gasteiger partial charge in [-0.15, -0.1) is 0 Å². The van der Waals surface area contributed by atoms with Gasteiger partial charge in [-0.05, 0) is 37.8 Å². The van der Waals surface area contributed by atoms with Crippen molar-refractivity contribution in [3.05, 3.63) is 60.7 Å². The van der Waals surface area contributed by atoms with Crippen LogP contribution in [0.25, 0.3) is 27.2 Å². The van der Waals surface area contributed by atoms with E-state index in [0.717, 1.165) is 51.6 Å². The van der Waals surface area contributed by atoms with Gasteiger partial charge in [0.2, 0.25) is 0 Å². The van der Waals surface area contributed by atoms with E-state index in [1.165, 1.54) is 0 Å². The van der Waals surface area contributed by atoms with Gasteiger partial charge in [0.05, 0.1) is 4.88 Å². The Morgan fingerprint density at radius 1 is 1.23 bits per heavy atom. The number of carbonyl (C=O) groups is 1. The van der Waals surface area contributed by atoms with Crippen molar-refractivity contribution in [2.75, 3.05) is 5.32 Å². The number of hydrogen-bond acceptors (Lipinski definition) is 5. The molecule has 3 aromatic heterocycles. The standard InChI is InChI=1S/C24H25N5OS/c1-3-15(2)26-24-25-12-21(31-24)17-11-19(16-7-5-4-6-8-16)22-28-20(14-29(22)13-17)23(30)27-18-9-10-18/h4-8,11-15,18H,3,9-10H2,1-2H3,(H,25,26)(H,27,30)/t15-/m1/s1. The van der Waals surface area contributed by atoms with Gasteiger partial charge in [-0.3, -0.25) is 4.79 Å².